The third-order valence-corrected chi connectivity index (χ3v) is 4.98. The number of para-hydroxylation sites is 1. The first-order valence-corrected chi connectivity index (χ1v) is 9.71. The van der Waals surface area contributed by atoms with Crippen LogP contribution >= 0.6 is 11.8 Å². The Kier molecular flexibility index (Phi) is 7.81. The SMILES string of the molecule is CCN(CC(=O)Nc1ccccc1C(F)(F)F)C(=O)CSc1ccc([N+](=O)[O-])cc1. The summed E-state index contributed by atoms with van der Waals surface area (Å²) >= 11 is 1.14. The van der Waals surface area contributed by atoms with E-state index in [0.717, 1.165) is 23.9 Å². The molecule has 0 aliphatic rings. The van der Waals surface area contributed by atoms with E-state index in [-0.39, 0.29) is 29.6 Å². The zero-order valence-corrected chi connectivity index (χ0v) is 16.6. The highest BCUT2D eigenvalue weighted by atomic mass is 32.2. The van der Waals surface area contributed by atoms with Crippen molar-refractivity contribution in [2.24, 2.45) is 0 Å². The zero-order valence-electron chi connectivity index (χ0n) is 15.8. The number of hydrogen-bond acceptors (Lipinski definition) is 5. The Hall–Kier alpha value is -3.08. The average molecular weight is 441 g/mol. The van der Waals surface area contributed by atoms with Crippen LogP contribution < -0.4 is 5.32 Å². The summed E-state index contributed by atoms with van der Waals surface area (Å²) < 4.78 is 39.1. The molecule has 0 atom stereocenters. The molecule has 0 fully saturated rings. The number of nitrogens with one attached hydrogen (secondary N) is 1. The van der Waals surface area contributed by atoms with Crippen LogP contribution in [0, 0.1) is 10.1 Å². The lowest BCUT2D eigenvalue weighted by atomic mass is 10.1. The second-order valence-electron chi connectivity index (χ2n) is 6.04. The summed E-state index contributed by atoms with van der Waals surface area (Å²) in [5, 5.41) is 12.9. The molecular weight excluding hydrogens is 423 g/mol. The maximum atomic E-state index is 13.0. The largest absolute Gasteiger partial charge is 0.418 e. The molecule has 2 aromatic carbocycles. The van der Waals surface area contributed by atoms with Crippen LogP contribution in [0.25, 0.3) is 0 Å². The quantitative estimate of drug-likeness (QED) is 0.377. The van der Waals surface area contributed by atoms with E-state index in [1.807, 2.05) is 0 Å². The molecule has 0 aliphatic carbocycles. The Bertz CT molecular complexity index is 920. The summed E-state index contributed by atoms with van der Waals surface area (Å²) in [6.07, 6.45) is -4.62. The summed E-state index contributed by atoms with van der Waals surface area (Å²) in [6.45, 7) is 1.43. The van der Waals surface area contributed by atoms with Gasteiger partial charge in [-0.15, -0.1) is 11.8 Å². The van der Waals surface area contributed by atoms with Crippen molar-refractivity contribution in [1.82, 2.24) is 4.90 Å². The average Bonchev–Trinajstić information content (AvgIpc) is 2.70. The number of nitro benzene ring substituents is 1. The highest BCUT2D eigenvalue weighted by Gasteiger charge is 2.33. The summed E-state index contributed by atoms with van der Waals surface area (Å²) in [5.74, 6) is -1.17. The molecule has 30 heavy (non-hydrogen) atoms. The van der Waals surface area contributed by atoms with Crippen LogP contribution in [0.2, 0.25) is 0 Å². The molecule has 7 nitrogen and oxygen atoms in total. The highest BCUT2D eigenvalue weighted by molar-refractivity contribution is 8.00. The molecule has 1 N–H and O–H groups in total. The summed E-state index contributed by atoms with van der Waals surface area (Å²) in [6, 6.07) is 10.2. The minimum Gasteiger partial charge on any atom is -0.333 e. The number of thioether (sulfide) groups is 1. The summed E-state index contributed by atoms with van der Waals surface area (Å²) in [5.41, 5.74) is -1.42. The van der Waals surface area contributed by atoms with Crippen LogP contribution in [-0.2, 0) is 15.8 Å². The van der Waals surface area contributed by atoms with Crippen LogP contribution in [0.4, 0.5) is 24.5 Å². The first kappa shape index (κ1) is 23.2. The van der Waals surface area contributed by atoms with Crippen LogP contribution in [0.3, 0.4) is 0 Å². The number of anilines is 1. The number of benzene rings is 2. The molecule has 2 aromatic rings. The molecule has 0 saturated carbocycles. The van der Waals surface area contributed by atoms with Gasteiger partial charge in [0.25, 0.3) is 5.69 Å². The van der Waals surface area contributed by atoms with Gasteiger partial charge in [0.15, 0.2) is 0 Å². The Labute approximate surface area is 174 Å². The molecule has 0 aromatic heterocycles. The van der Waals surface area contributed by atoms with E-state index in [4.69, 9.17) is 0 Å². The van der Waals surface area contributed by atoms with Crippen molar-refractivity contribution < 1.29 is 27.7 Å². The highest BCUT2D eigenvalue weighted by Crippen LogP contribution is 2.34. The number of carbonyl (C=O) groups excluding carboxylic acids is 2. The van der Waals surface area contributed by atoms with E-state index >= 15 is 0 Å². The van der Waals surface area contributed by atoms with Gasteiger partial charge in [-0.25, -0.2) is 0 Å². The standard InChI is InChI=1S/C19H18F3N3O4S/c1-2-24(18(27)12-30-14-9-7-13(8-10-14)25(28)29)11-17(26)23-16-6-4-3-5-15(16)19(20,21)22/h3-10H,2,11-12H2,1H3,(H,23,26). The van der Waals surface area contributed by atoms with Gasteiger partial charge >= 0.3 is 6.18 Å². The number of nitrogens with zero attached hydrogens (tertiary/aromatic N) is 2. The van der Waals surface area contributed by atoms with E-state index in [9.17, 15) is 32.9 Å². The zero-order chi connectivity index (χ0) is 22.3. The van der Waals surface area contributed by atoms with E-state index < -0.39 is 29.1 Å². The van der Waals surface area contributed by atoms with E-state index in [2.05, 4.69) is 5.32 Å². The Balaban J connectivity index is 1.95. The van der Waals surface area contributed by atoms with Crippen LogP contribution in [0.1, 0.15) is 12.5 Å². The lowest BCUT2D eigenvalue weighted by Gasteiger charge is -2.21. The van der Waals surface area contributed by atoms with Gasteiger partial charge < -0.3 is 10.2 Å². The Morgan fingerprint density at radius 3 is 2.33 bits per heavy atom. The second-order valence-corrected chi connectivity index (χ2v) is 7.09. The van der Waals surface area contributed by atoms with Gasteiger partial charge in [0.2, 0.25) is 11.8 Å². The fraction of sp³-hybridized carbons (Fsp3) is 0.263. The minimum absolute atomic E-state index is 0.0297. The third kappa shape index (κ3) is 6.48. The van der Waals surface area contributed by atoms with Gasteiger partial charge in [-0.2, -0.15) is 13.2 Å². The lowest BCUT2D eigenvalue weighted by molar-refractivity contribution is -0.384. The number of rotatable bonds is 8. The number of hydrogen-bond donors (Lipinski definition) is 1. The molecule has 160 valence electrons. The summed E-state index contributed by atoms with van der Waals surface area (Å²) in [7, 11) is 0. The topological polar surface area (TPSA) is 92.6 Å². The first-order chi connectivity index (χ1) is 14.1. The van der Waals surface area contributed by atoms with E-state index in [1.165, 1.54) is 41.3 Å². The van der Waals surface area contributed by atoms with Gasteiger partial charge in [-0.05, 0) is 31.2 Å². The first-order valence-electron chi connectivity index (χ1n) is 8.73. The van der Waals surface area contributed by atoms with Gasteiger partial charge in [0.1, 0.15) is 0 Å². The van der Waals surface area contributed by atoms with Gasteiger partial charge in [0.05, 0.1) is 28.5 Å². The molecule has 0 spiro atoms. The molecular formula is C19H18F3N3O4S. The van der Waals surface area contributed by atoms with Crippen molar-refractivity contribution in [3.63, 3.8) is 0 Å². The van der Waals surface area contributed by atoms with E-state index in [1.54, 1.807) is 6.92 Å². The normalized spacial score (nSPS) is 11.1. The molecule has 11 heteroatoms. The van der Waals surface area contributed by atoms with Crippen LogP contribution in [0.5, 0.6) is 0 Å². The number of amides is 2. The van der Waals surface area contributed by atoms with Gasteiger partial charge in [0, 0.05) is 23.6 Å². The maximum Gasteiger partial charge on any atom is 0.418 e. The molecule has 0 aliphatic heterocycles. The molecule has 0 heterocycles. The van der Waals surface area contributed by atoms with E-state index in [0.29, 0.717) is 4.90 Å². The predicted octanol–water partition coefficient (Wildman–Crippen LogP) is 4.19. The fourth-order valence-electron chi connectivity index (χ4n) is 2.48. The number of halogens is 3. The third-order valence-electron chi connectivity index (χ3n) is 3.99. The van der Waals surface area contributed by atoms with Crippen LogP contribution in [-0.4, -0.2) is 40.5 Å². The molecule has 0 bridgehead atoms. The molecule has 0 radical (unpaired) electrons. The van der Waals surface area contributed by atoms with Gasteiger partial charge in [-0.3, -0.25) is 19.7 Å². The van der Waals surface area contributed by atoms with Gasteiger partial charge in [-0.1, -0.05) is 12.1 Å². The van der Waals surface area contributed by atoms with Crippen molar-refractivity contribution in [1.29, 1.82) is 0 Å². The summed E-state index contributed by atoms with van der Waals surface area (Å²) in [4.78, 5) is 36.5. The number of carbonyl (C=O) groups is 2. The number of nitro groups is 1. The monoisotopic (exact) mass is 441 g/mol. The van der Waals surface area contributed by atoms with Crippen molar-refractivity contribution in [3.05, 3.63) is 64.2 Å². The maximum absolute atomic E-state index is 13.0. The molecule has 2 amide bonds. The molecule has 0 saturated heterocycles. The van der Waals surface area contributed by atoms with Crippen molar-refractivity contribution in [2.45, 2.75) is 18.0 Å². The smallest absolute Gasteiger partial charge is 0.333 e. The van der Waals surface area contributed by atoms with Crippen molar-refractivity contribution in [3.8, 4) is 0 Å². The predicted molar refractivity (Wildman–Crippen MR) is 106 cm³/mol. The van der Waals surface area contributed by atoms with Crippen molar-refractivity contribution >= 4 is 35.0 Å². The second kappa shape index (κ2) is 10.1. The van der Waals surface area contributed by atoms with Crippen molar-refractivity contribution in [2.75, 3.05) is 24.2 Å². The lowest BCUT2D eigenvalue weighted by Crippen LogP contribution is -2.39. The fourth-order valence-corrected chi connectivity index (χ4v) is 3.28. The minimum atomic E-state index is -4.62. The number of alkyl halides is 3. The Morgan fingerprint density at radius 2 is 1.77 bits per heavy atom. The van der Waals surface area contributed by atoms with Crippen LogP contribution in [0.15, 0.2) is 53.4 Å². The Morgan fingerprint density at radius 1 is 1.13 bits per heavy atom. The number of non-ortho nitro benzene ring substituents is 1. The molecule has 2 rings (SSSR count). The molecule has 0 unspecified atom stereocenters. The number of likely N-dealkylation sites (N-methyl/N-ethyl adjacent to an activating group) is 1.